The van der Waals surface area contributed by atoms with Crippen molar-refractivity contribution in [2.24, 2.45) is 0 Å². The Morgan fingerprint density at radius 2 is 0.574 bits per heavy atom. The highest BCUT2D eigenvalue weighted by Crippen LogP contribution is 2.61. The molecule has 0 heteroatoms. The Morgan fingerprint density at radius 3 is 0.918 bits per heavy atom. The third kappa shape index (κ3) is 5.24. The van der Waals surface area contributed by atoms with E-state index in [2.05, 4.69) is 217 Å². The molecule has 0 nitrogen and oxygen atoms in total. The number of hydrogen-bond donors (Lipinski definition) is 0. The van der Waals surface area contributed by atoms with E-state index in [9.17, 15) is 0 Å². The van der Waals surface area contributed by atoms with Crippen LogP contribution in [0.3, 0.4) is 0 Å². The average molecular weight is 791 g/mol. The van der Waals surface area contributed by atoms with Crippen LogP contribution in [0.4, 0.5) is 0 Å². The summed E-state index contributed by atoms with van der Waals surface area (Å²) in [7, 11) is 0. The molecule has 0 aromatic heterocycles. The third-order valence-corrected chi connectivity index (χ3v) is 15.4. The summed E-state index contributed by atoms with van der Waals surface area (Å²) in [6.45, 7) is 28.5. The van der Waals surface area contributed by atoms with Crippen molar-refractivity contribution in [3.63, 3.8) is 0 Å². The van der Waals surface area contributed by atoms with Gasteiger partial charge in [-0.3, -0.25) is 0 Å². The van der Waals surface area contributed by atoms with Gasteiger partial charge in [-0.2, -0.15) is 0 Å². The zero-order chi connectivity index (χ0) is 42.8. The molecule has 0 atom stereocenters. The SMILES string of the molecule is CC(C)(C)c1ccc(-c2cc3c(c4ccccc24)-c2cc4c(cc2C3(C)C)-c2cc3c(cc2C4(C)C)-c2c(cc(-c4ccc(C(C)(C)C)cc4)c4ccccc24)C3(C)C)cc1. The van der Waals surface area contributed by atoms with E-state index in [0.717, 1.165) is 0 Å². The van der Waals surface area contributed by atoms with Crippen LogP contribution in [0.2, 0.25) is 0 Å². The smallest absolute Gasteiger partial charge is 0.0159 e. The van der Waals surface area contributed by atoms with Gasteiger partial charge in [0.15, 0.2) is 0 Å². The maximum Gasteiger partial charge on any atom is 0.0159 e. The van der Waals surface area contributed by atoms with E-state index in [1.54, 1.807) is 0 Å². The average Bonchev–Trinajstić information content (AvgIpc) is 3.69. The lowest BCUT2D eigenvalue weighted by Gasteiger charge is -2.25. The van der Waals surface area contributed by atoms with Crippen molar-refractivity contribution in [2.45, 2.75) is 110 Å². The van der Waals surface area contributed by atoms with Gasteiger partial charge in [-0.15, -0.1) is 0 Å². The molecule has 11 rings (SSSR count). The van der Waals surface area contributed by atoms with Gasteiger partial charge in [-0.25, -0.2) is 0 Å². The van der Waals surface area contributed by atoms with E-state index in [-0.39, 0.29) is 27.1 Å². The lowest BCUT2D eigenvalue weighted by atomic mass is 9.78. The van der Waals surface area contributed by atoms with Crippen molar-refractivity contribution in [1.82, 2.24) is 0 Å². The first kappa shape index (κ1) is 38.2. The number of benzene rings is 8. The standard InChI is InChI=1S/C61H58/c1-57(2,3)37-25-21-35(22-26-37)43-29-53-55(41-19-15-13-17-39(41)43)47-33-49-45(31-51(47)60(53,9)10)46-32-52-48(34-50(46)59(49,7)8)56-42-20-16-14-18-40(42)44(30-54(56)61(52,11)12)36-23-27-38(28-24-36)58(4,5)6/h13-34H,1-12H3. The molecule has 0 aliphatic heterocycles. The molecule has 0 bridgehead atoms. The van der Waals surface area contributed by atoms with Crippen molar-refractivity contribution in [1.29, 1.82) is 0 Å². The molecule has 8 aromatic carbocycles. The Balaban J connectivity index is 1.07. The first-order valence-electron chi connectivity index (χ1n) is 22.5. The largest absolute Gasteiger partial charge is 0.0616 e. The van der Waals surface area contributed by atoms with Gasteiger partial charge >= 0.3 is 0 Å². The second-order valence-electron chi connectivity index (χ2n) is 22.2. The van der Waals surface area contributed by atoms with Crippen LogP contribution in [0.15, 0.2) is 133 Å². The quantitative estimate of drug-likeness (QED) is 0.164. The molecule has 302 valence electrons. The van der Waals surface area contributed by atoms with Crippen molar-refractivity contribution < 1.29 is 0 Å². The molecule has 0 N–H and O–H groups in total. The molecule has 0 spiro atoms. The molecule has 8 aromatic rings. The summed E-state index contributed by atoms with van der Waals surface area (Å²) < 4.78 is 0. The molecule has 3 aliphatic rings. The number of rotatable bonds is 2. The molecule has 0 radical (unpaired) electrons. The van der Waals surface area contributed by atoms with Crippen LogP contribution in [0.25, 0.3) is 77.2 Å². The number of hydrogen-bond acceptors (Lipinski definition) is 0. The van der Waals surface area contributed by atoms with E-state index in [1.165, 1.54) is 122 Å². The van der Waals surface area contributed by atoms with Crippen LogP contribution >= 0.6 is 0 Å². The van der Waals surface area contributed by atoms with E-state index in [1.807, 2.05) is 0 Å². The lowest BCUT2D eigenvalue weighted by molar-refractivity contribution is 0.590. The summed E-state index contributed by atoms with van der Waals surface area (Å²) in [5.74, 6) is 0. The fourth-order valence-electron chi connectivity index (χ4n) is 11.7. The summed E-state index contributed by atoms with van der Waals surface area (Å²) in [5.41, 5.74) is 24.7. The molecular formula is C61H58. The minimum atomic E-state index is -0.163. The fraction of sp³-hybridized carbons (Fsp3) is 0.279. The highest BCUT2D eigenvalue weighted by Gasteiger charge is 2.45. The predicted molar refractivity (Wildman–Crippen MR) is 262 cm³/mol. The maximum absolute atomic E-state index is 2.60. The van der Waals surface area contributed by atoms with Crippen molar-refractivity contribution in [2.75, 3.05) is 0 Å². The summed E-state index contributed by atoms with van der Waals surface area (Å²) >= 11 is 0. The highest BCUT2D eigenvalue weighted by molar-refractivity contribution is 6.11. The zero-order valence-corrected chi connectivity index (χ0v) is 38.2. The zero-order valence-electron chi connectivity index (χ0n) is 38.2. The molecule has 0 unspecified atom stereocenters. The van der Waals surface area contributed by atoms with Crippen LogP contribution in [-0.4, -0.2) is 0 Å². The van der Waals surface area contributed by atoms with Gasteiger partial charge in [0.05, 0.1) is 0 Å². The summed E-state index contributed by atoms with van der Waals surface area (Å²) in [6.07, 6.45) is 0. The Kier molecular flexibility index (Phi) is 7.66. The minimum Gasteiger partial charge on any atom is -0.0616 e. The van der Waals surface area contributed by atoms with Crippen LogP contribution < -0.4 is 0 Å². The maximum atomic E-state index is 2.60. The lowest BCUT2D eigenvalue weighted by Crippen LogP contribution is -2.17. The molecular weight excluding hydrogens is 733 g/mol. The van der Waals surface area contributed by atoms with Gasteiger partial charge in [0.2, 0.25) is 0 Å². The van der Waals surface area contributed by atoms with E-state index in [0.29, 0.717) is 0 Å². The molecule has 0 amide bonds. The van der Waals surface area contributed by atoms with Crippen molar-refractivity contribution in [3.05, 3.63) is 178 Å². The monoisotopic (exact) mass is 790 g/mol. The van der Waals surface area contributed by atoms with Crippen LogP contribution in [-0.2, 0) is 27.1 Å². The second-order valence-corrected chi connectivity index (χ2v) is 22.2. The van der Waals surface area contributed by atoms with Gasteiger partial charge in [0.1, 0.15) is 0 Å². The predicted octanol–water partition coefficient (Wildman–Crippen LogP) is 16.8. The molecule has 0 saturated heterocycles. The van der Waals surface area contributed by atoms with E-state index < -0.39 is 0 Å². The molecule has 3 aliphatic carbocycles. The summed E-state index contributed by atoms with van der Waals surface area (Å²) in [6, 6.07) is 52.3. The molecule has 0 fully saturated rings. The van der Waals surface area contributed by atoms with Crippen molar-refractivity contribution >= 4 is 21.5 Å². The Bertz CT molecular complexity index is 2970. The molecule has 0 heterocycles. The number of fused-ring (bicyclic) bond motifs is 13. The first-order chi connectivity index (χ1) is 28.8. The Labute approximate surface area is 363 Å². The second kappa shape index (κ2) is 12.2. The third-order valence-electron chi connectivity index (χ3n) is 15.4. The van der Waals surface area contributed by atoms with Crippen LogP contribution in [0.1, 0.15) is 128 Å². The van der Waals surface area contributed by atoms with Gasteiger partial charge in [0, 0.05) is 16.2 Å². The van der Waals surface area contributed by atoms with Gasteiger partial charge in [0.25, 0.3) is 0 Å². The van der Waals surface area contributed by atoms with E-state index in [4.69, 9.17) is 0 Å². The van der Waals surface area contributed by atoms with E-state index >= 15 is 0 Å². The molecule has 0 saturated carbocycles. The molecule has 61 heavy (non-hydrogen) atoms. The van der Waals surface area contributed by atoms with Gasteiger partial charge < -0.3 is 0 Å². The Hall–Kier alpha value is -5.72. The van der Waals surface area contributed by atoms with Crippen LogP contribution in [0, 0.1) is 0 Å². The topological polar surface area (TPSA) is 0 Å². The normalized spacial score (nSPS) is 16.3. The highest BCUT2D eigenvalue weighted by atomic mass is 14.5. The Morgan fingerprint density at radius 1 is 0.295 bits per heavy atom. The first-order valence-corrected chi connectivity index (χ1v) is 22.5. The minimum absolute atomic E-state index is 0.117. The summed E-state index contributed by atoms with van der Waals surface area (Å²) in [4.78, 5) is 0. The summed E-state index contributed by atoms with van der Waals surface area (Å²) in [5, 5.41) is 5.35. The van der Waals surface area contributed by atoms with Gasteiger partial charge in [-0.05, 0) is 169 Å². The van der Waals surface area contributed by atoms with Crippen molar-refractivity contribution in [3.8, 4) is 55.6 Å². The van der Waals surface area contributed by atoms with Gasteiger partial charge in [-0.1, -0.05) is 180 Å². The fourth-order valence-corrected chi connectivity index (χ4v) is 11.7. The van der Waals surface area contributed by atoms with Crippen LogP contribution in [0.5, 0.6) is 0 Å².